The maximum Gasteiger partial charge on any atom is 0.316 e. The lowest BCUT2D eigenvalue weighted by Crippen LogP contribution is -2.31. The van der Waals surface area contributed by atoms with E-state index in [0.29, 0.717) is 27.6 Å². The molecular weight excluding hydrogens is 501 g/mol. The summed E-state index contributed by atoms with van der Waals surface area (Å²) in [6, 6.07) is 16.7. The third kappa shape index (κ3) is 5.89. The molecule has 37 heavy (non-hydrogen) atoms. The van der Waals surface area contributed by atoms with E-state index in [-0.39, 0.29) is 35.9 Å². The summed E-state index contributed by atoms with van der Waals surface area (Å²) in [6.07, 6.45) is 2.88. The van der Waals surface area contributed by atoms with E-state index in [1.807, 2.05) is 0 Å². The summed E-state index contributed by atoms with van der Waals surface area (Å²) in [7, 11) is 0. The fourth-order valence-electron chi connectivity index (χ4n) is 3.49. The number of nitrogens with zero attached hydrogens (tertiary/aromatic N) is 3. The third-order valence-electron chi connectivity index (χ3n) is 5.31. The molecule has 190 valence electrons. The Bertz CT molecular complexity index is 1490. The number of aromatic hydroxyl groups is 1. The molecule has 1 aromatic heterocycles. The molecule has 1 heterocycles. The van der Waals surface area contributed by atoms with Gasteiger partial charge < -0.3 is 20.7 Å². The minimum atomic E-state index is -0.607. The zero-order valence-corrected chi connectivity index (χ0v) is 20.1. The molecule has 3 aromatic carbocycles. The average Bonchev–Trinajstić information content (AvgIpc) is 2.86. The lowest BCUT2D eigenvalue weighted by molar-refractivity contribution is 0.298. The maximum atomic E-state index is 13.5. The topological polar surface area (TPSA) is 140 Å². The van der Waals surface area contributed by atoms with Gasteiger partial charge in [0.25, 0.3) is 0 Å². The number of hydrazine groups is 1. The summed E-state index contributed by atoms with van der Waals surface area (Å²) in [6.45, 7) is -0.175. The monoisotopic (exact) mass is 523 g/mol. The van der Waals surface area contributed by atoms with Gasteiger partial charge in [-0.1, -0.05) is 23.7 Å². The van der Waals surface area contributed by atoms with E-state index in [1.54, 1.807) is 48.5 Å². The van der Waals surface area contributed by atoms with Crippen molar-refractivity contribution in [3.05, 3.63) is 106 Å². The number of aliphatic hydroxyl groups excluding tert-OH is 1. The van der Waals surface area contributed by atoms with Gasteiger partial charge in [-0.2, -0.15) is 9.78 Å². The fraction of sp³-hybridized carbons (Fsp3) is 0.0769. The third-order valence-corrected chi connectivity index (χ3v) is 5.57. The van der Waals surface area contributed by atoms with Crippen molar-refractivity contribution in [1.29, 1.82) is 0 Å². The van der Waals surface area contributed by atoms with E-state index in [2.05, 4.69) is 5.10 Å². The van der Waals surface area contributed by atoms with E-state index in [1.165, 1.54) is 24.5 Å². The second kappa shape index (κ2) is 11.1. The van der Waals surface area contributed by atoms with Crippen LogP contribution in [0.15, 0.2) is 89.6 Å². The Kier molecular flexibility index (Phi) is 7.73. The first-order chi connectivity index (χ1) is 17.8. The summed E-state index contributed by atoms with van der Waals surface area (Å²) in [5, 5.41) is 25.0. The van der Waals surface area contributed by atoms with Gasteiger partial charge in [0.05, 0.1) is 11.9 Å². The molecule has 0 aliphatic heterocycles. The number of aromatic nitrogens is 2. The average molecular weight is 524 g/mol. The Morgan fingerprint density at radius 1 is 1.14 bits per heavy atom. The highest BCUT2D eigenvalue weighted by atomic mass is 35.5. The molecule has 0 spiro atoms. The van der Waals surface area contributed by atoms with Gasteiger partial charge >= 0.3 is 5.56 Å². The van der Waals surface area contributed by atoms with E-state index in [0.717, 1.165) is 15.8 Å². The molecule has 4 aromatic rings. The first kappa shape index (κ1) is 25.7. The van der Waals surface area contributed by atoms with Crippen LogP contribution < -0.4 is 26.9 Å². The SMILES string of the molecule is N/C(=C\N(N)c1cnn(-c2ccc(Cl)cc2)c(=O)c1Oc1ccc(-c2ccc(F)cc2O)cc1)CCO. The number of nitrogens with two attached hydrogens (primary N) is 2. The summed E-state index contributed by atoms with van der Waals surface area (Å²) < 4.78 is 20.4. The minimum Gasteiger partial charge on any atom is -0.507 e. The highest BCUT2D eigenvalue weighted by molar-refractivity contribution is 6.30. The quantitative estimate of drug-likeness (QED) is 0.200. The second-order valence-corrected chi connectivity index (χ2v) is 8.36. The van der Waals surface area contributed by atoms with Crippen LogP contribution in [0.1, 0.15) is 6.42 Å². The number of aliphatic hydroxyl groups is 1. The van der Waals surface area contributed by atoms with Crippen LogP contribution in [-0.2, 0) is 0 Å². The van der Waals surface area contributed by atoms with Crippen LogP contribution in [0, 0.1) is 5.82 Å². The fourth-order valence-corrected chi connectivity index (χ4v) is 3.61. The van der Waals surface area contributed by atoms with Crippen LogP contribution in [0.2, 0.25) is 5.02 Å². The normalized spacial score (nSPS) is 11.4. The first-order valence-corrected chi connectivity index (χ1v) is 11.4. The molecule has 0 aliphatic rings. The molecule has 0 aliphatic carbocycles. The number of benzene rings is 3. The molecule has 0 saturated heterocycles. The van der Waals surface area contributed by atoms with Gasteiger partial charge in [-0.15, -0.1) is 0 Å². The molecule has 4 rings (SSSR count). The van der Waals surface area contributed by atoms with E-state index < -0.39 is 11.4 Å². The summed E-state index contributed by atoms with van der Waals surface area (Å²) >= 11 is 5.97. The zero-order valence-electron chi connectivity index (χ0n) is 19.4. The van der Waals surface area contributed by atoms with Crippen LogP contribution in [0.3, 0.4) is 0 Å². The molecule has 0 unspecified atom stereocenters. The number of hydrogen-bond acceptors (Lipinski definition) is 8. The predicted molar refractivity (Wildman–Crippen MR) is 139 cm³/mol. The van der Waals surface area contributed by atoms with Crippen molar-refractivity contribution in [1.82, 2.24) is 9.78 Å². The zero-order chi connectivity index (χ0) is 26.5. The first-order valence-electron chi connectivity index (χ1n) is 11.0. The van der Waals surface area contributed by atoms with Gasteiger partial charge in [-0.05, 0) is 54.1 Å². The molecule has 11 heteroatoms. The van der Waals surface area contributed by atoms with Gasteiger partial charge in [0.15, 0.2) is 0 Å². The number of anilines is 1. The van der Waals surface area contributed by atoms with Crippen molar-refractivity contribution in [3.63, 3.8) is 0 Å². The van der Waals surface area contributed by atoms with Crippen LogP contribution in [0.4, 0.5) is 10.1 Å². The van der Waals surface area contributed by atoms with E-state index in [9.17, 15) is 14.3 Å². The molecular formula is C26H23ClFN5O4. The van der Waals surface area contributed by atoms with Crippen molar-refractivity contribution in [2.75, 3.05) is 11.6 Å². The lowest BCUT2D eigenvalue weighted by Gasteiger charge is -2.19. The molecule has 0 saturated carbocycles. The molecule has 0 radical (unpaired) electrons. The standard InChI is InChI=1S/C26H23ClFN5O4/c27-17-3-6-20(7-4-17)33-26(36)25(23(14-31-33)32(30)15-19(29)11-12-34)37-21-8-1-16(2-9-21)22-10-5-18(28)13-24(22)35/h1-10,13-15,34-35H,11-12,29-30H2/b19-15-. The Balaban J connectivity index is 1.74. The van der Waals surface area contributed by atoms with Crippen molar-refractivity contribution < 1.29 is 19.3 Å². The molecule has 9 nitrogen and oxygen atoms in total. The molecule has 0 amide bonds. The maximum absolute atomic E-state index is 13.5. The molecule has 0 bridgehead atoms. The second-order valence-electron chi connectivity index (χ2n) is 7.93. The number of rotatable bonds is 8. The van der Waals surface area contributed by atoms with Crippen LogP contribution in [0.25, 0.3) is 16.8 Å². The highest BCUT2D eigenvalue weighted by Gasteiger charge is 2.19. The van der Waals surface area contributed by atoms with Gasteiger partial charge in [0.2, 0.25) is 5.75 Å². The Labute approximate surface area is 216 Å². The number of ether oxygens (including phenoxy) is 1. The lowest BCUT2D eigenvalue weighted by atomic mass is 10.0. The van der Waals surface area contributed by atoms with E-state index in [4.69, 9.17) is 33.0 Å². The number of phenolic OH excluding ortho intramolecular Hbond substituents is 1. The smallest absolute Gasteiger partial charge is 0.316 e. The predicted octanol–water partition coefficient (Wildman–Crippen LogP) is 4.05. The number of hydrogen-bond donors (Lipinski definition) is 4. The molecule has 0 fully saturated rings. The van der Waals surface area contributed by atoms with Gasteiger partial charge in [0.1, 0.15) is 23.0 Å². The van der Waals surface area contributed by atoms with Gasteiger partial charge in [0, 0.05) is 41.6 Å². The summed E-state index contributed by atoms with van der Waals surface area (Å²) in [5.74, 6) is 5.53. The Morgan fingerprint density at radius 3 is 2.49 bits per heavy atom. The van der Waals surface area contributed by atoms with Crippen molar-refractivity contribution in [3.8, 4) is 34.1 Å². The summed E-state index contributed by atoms with van der Waals surface area (Å²) in [5.41, 5.74) is 7.16. The highest BCUT2D eigenvalue weighted by Crippen LogP contribution is 2.33. The van der Waals surface area contributed by atoms with Gasteiger partial charge in [-0.3, -0.25) is 9.80 Å². The van der Waals surface area contributed by atoms with Crippen LogP contribution in [0.5, 0.6) is 17.2 Å². The minimum absolute atomic E-state index is 0.122. The molecule has 6 N–H and O–H groups in total. The Hall–Kier alpha value is -4.38. The van der Waals surface area contributed by atoms with Crippen LogP contribution in [-0.4, -0.2) is 26.6 Å². The van der Waals surface area contributed by atoms with Crippen molar-refractivity contribution in [2.45, 2.75) is 6.42 Å². The van der Waals surface area contributed by atoms with Crippen LogP contribution >= 0.6 is 11.6 Å². The molecule has 0 atom stereocenters. The Morgan fingerprint density at radius 2 is 1.84 bits per heavy atom. The van der Waals surface area contributed by atoms with Gasteiger partial charge in [-0.25, -0.2) is 10.2 Å². The number of phenols is 1. The van der Waals surface area contributed by atoms with Crippen molar-refractivity contribution in [2.24, 2.45) is 11.6 Å². The van der Waals surface area contributed by atoms with E-state index >= 15 is 0 Å². The van der Waals surface area contributed by atoms with Crippen molar-refractivity contribution >= 4 is 17.3 Å². The number of halogens is 2. The largest absolute Gasteiger partial charge is 0.507 e. The summed E-state index contributed by atoms with van der Waals surface area (Å²) in [4.78, 5) is 13.5.